The van der Waals surface area contributed by atoms with Crippen LogP contribution in [0.15, 0.2) is 109 Å². The predicted molar refractivity (Wildman–Crippen MR) is 291 cm³/mol. The van der Waals surface area contributed by atoms with Gasteiger partial charge in [0, 0.05) is 19.3 Å². The van der Waals surface area contributed by atoms with Crippen LogP contribution < -0.4 is 5.11 Å². The van der Waals surface area contributed by atoms with Crippen molar-refractivity contribution in [2.75, 3.05) is 41.0 Å². The molecule has 0 bridgehead atoms. The molecule has 0 saturated carbocycles. The first-order valence-electron chi connectivity index (χ1n) is 27.4. The first-order valence-corrected chi connectivity index (χ1v) is 27.4. The number of unbranched alkanes of at least 4 members (excludes halogenated alkanes) is 16. The summed E-state index contributed by atoms with van der Waals surface area (Å²) in [5, 5.41) is 11.7. The summed E-state index contributed by atoms with van der Waals surface area (Å²) < 4.78 is 17.3. The van der Waals surface area contributed by atoms with Crippen molar-refractivity contribution in [3.63, 3.8) is 0 Å². The Morgan fingerprint density at radius 1 is 0.435 bits per heavy atom. The van der Waals surface area contributed by atoms with Crippen molar-refractivity contribution in [3.05, 3.63) is 109 Å². The molecule has 0 amide bonds. The number of carbonyl (C=O) groups is 3. The molecule has 8 nitrogen and oxygen atoms in total. The van der Waals surface area contributed by atoms with Crippen LogP contribution in [0.4, 0.5) is 0 Å². The molecule has 8 heteroatoms. The highest BCUT2D eigenvalue weighted by molar-refractivity contribution is 5.70. The molecule has 0 rings (SSSR count). The minimum Gasteiger partial charge on any atom is -0.544 e. The van der Waals surface area contributed by atoms with Gasteiger partial charge in [-0.05, 0) is 96.3 Å². The quantitative estimate of drug-likeness (QED) is 0.0259. The van der Waals surface area contributed by atoms with E-state index >= 15 is 0 Å². The second-order valence-corrected chi connectivity index (χ2v) is 19.1. The minimum absolute atomic E-state index is 0.0278. The number of nitrogens with zero attached hydrogens (tertiary/aromatic N) is 1. The summed E-state index contributed by atoms with van der Waals surface area (Å²) in [6, 6.07) is -0.736. The van der Waals surface area contributed by atoms with Crippen LogP contribution in [0.1, 0.15) is 206 Å². The molecule has 0 radical (unpaired) electrons. The fourth-order valence-electron chi connectivity index (χ4n) is 7.50. The molecule has 392 valence electrons. The third-order valence-electron chi connectivity index (χ3n) is 11.7. The van der Waals surface area contributed by atoms with Crippen LogP contribution in [0.5, 0.6) is 0 Å². The maximum Gasteiger partial charge on any atom is 0.306 e. The van der Waals surface area contributed by atoms with Gasteiger partial charge in [-0.15, -0.1) is 0 Å². The van der Waals surface area contributed by atoms with Crippen molar-refractivity contribution in [1.29, 1.82) is 0 Å². The van der Waals surface area contributed by atoms with Crippen LogP contribution in [0.25, 0.3) is 0 Å². The molecule has 0 fully saturated rings. The molecule has 0 aromatic rings. The summed E-state index contributed by atoms with van der Waals surface area (Å²) in [7, 11) is 5.41. The van der Waals surface area contributed by atoms with Crippen LogP contribution >= 0.6 is 0 Å². The number of allylic oxidation sites excluding steroid dienone is 18. The zero-order chi connectivity index (χ0) is 50.6. The van der Waals surface area contributed by atoms with Gasteiger partial charge in [-0.25, -0.2) is 0 Å². The Labute approximate surface area is 423 Å². The number of ether oxygens (including phenoxy) is 3. The van der Waals surface area contributed by atoms with E-state index in [1.165, 1.54) is 57.8 Å². The first-order chi connectivity index (χ1) is 33.6. The van der Waals surface area contributed by atoms with E-state index in [9.17, 15) is 19.5 Å². The molecule has 0 spiro atoms. The van der Waals surface area contributed by atoms with E-state index in [-0.39, 0.29) is 42.7 Å². The maximum atomic E-state index is 12.8. The Balaban J connectivity index is 4.26. The average Bonchev–Trinajstić information content (AvgIpc) is 3.31. The zero-order valence-electron chi connectivity index (χ0n) is 44.7. The van der Waals surface area contributed by atoms with Crippen molar-refractivity contribution in [2.45, 2.75) is 219 Å². The van der Waals surface area contributed by atoms with E-state index in [2.05, 4.69) is 123 Å². The molecule has 69 heavy (non-hydrogen) atoms. The lowest BCUT2D eigenvalue weighted by atomic mass is 10.1. The molecule has 2 atom stereocenters. The van der Waals surface area contributed by atoms with E-state index in [4.69, 9.17) is 14.2 Å². The summed E-state index contributed by atoms with van der Waals surface area (Å²) in [5.41, 5.74) is 0. The van der Waals surface area contributed by atoms with Gasteiger partial charge in [-0.2, -0.15) is 0 Å². The van der Waals surface area contributed by atoms with E-state index in [0.29, 0.717) is 12.8 Å². The highest BCUT2D eigenvalue weighted by atomic mass is 16.6. The average molecular weight is 960 g/mol. The minimum atomic E-state index is -1.13. The third-order valence-corrected chi connectivity index (χ3v) is 11.7. The Kier molecular flexibility index (Phi) is 47.5. The molecule has 0 N–H and O–H groups in total. The van der Waals surface area contributed by atoms with E-state index < -0.39 is 18.1 Å². The Hall–Kier alpha value is -4.01. The third kappa shape index (κ3) is 48.8. The normalized spacial score (nSPS) is 13.7. The van der Waals surface area contributed by atoms with Crippen molar-refractivity contribution >= 4 is 17.9 Å². The number of carboxylic acids is 1. The number of likely N-dealkylation sites (N-methyl/N-ethyl adjacent to an activating group) is 1. The van der Waals surface area contributed by atoms with Gasteiger partial charge < -0.3 is 28.6 Å². The Morgan fingerprint density at radius 2 is 0.768 bits per heavy atom. The lowest BCUT2D eigenvalue weighted by Gasteiger charge is -2.34. The number of esters is 2. The van der Waals surface area contributed by atoms with Crippen molar-refractivity contribution in [1.82, 2.24) is 0 Å². The van der Waals surface area contributed by atoms with Crippen molar-refractivity contribution in [3.8, 4) is 0 Å². The van der Waals surface area contributed by atoms with Gasteiger partial charge >= 0.3 is 11.9 Å². The number of carboxylic acid groups (broad SMARTS) is 1. The molecular weight excluding hydrogens is 859 g/mol. The van der Waals surface area contributed by atoms with E-state index in [1.54, 1.807) is 21.1 Å². The highest BCUT2D eigenvalue weighted by Gasteiger charge is 2.25. The van der Waals surface area contributed by atoms with Crippen LogP contribution in [0.3, 0.4) is 0 Å². The monoisotopic (exact) mass is 960 g/mol. The van der Waals surface area contributed by atoms with E-state index in [1.807, 2.05) is 0 Å². The fraction of sp³-hybridized carbons (Fsp3) is 0.656. The van der Waals surface area contributed by atoms with Crippen molar-refractivity contribution in [2.24, 2.45) is 0 Å². The van der Waals surface area contributed by atoms with E-state index in [0.717, 1.165) is 116 Å². The highest BCUT2D eigenvalue weighted by Crippen LogP contribution is 2.14. The number of hydrogen-bond acceptors (Lipinski definition) is 7. The molecule has 0 heterocycles. The van der Waals surface area contributed by atoms with Gasteiger partial charge in [0.2, 0.25) is 0 Å². The number of carbonyl (C=O) groups excluding carboxylic acids is 3. The predicted octanol–water partition coefficient (Wildman–Crippen LogP) is 15.0. The molecule has 2 unspecified atom stereocenters. The number of aliphatic carboxylic acids is 1. The maximum absolute atomic E-state index is 12.8. The second-order valence-electron chi connectivity index (χ2n) is 19.1. The van der Waals surface area contributed by atoms with Gasteiger partial charge in [0.15, 0.2) is 6.10 Å². The number of hydrogen-bond donors (Lipinski definition) is 0. The molecule has 0 aromatic carbocycles. The van der Waals surface area contributed by atoms with Crippen LogP contribution in [0, 0.1) is 0 Å². The Morgan fingerprint density at radius 3 is 1.13 bits per heavy atom. The fourth-order valence-corrected chi connectivity index (χ4v) is 7.50. The van der Waals surface area contributed by atoms with Crippen molar-refractivity contribution < 1.29 is 38.2 Å². The standard InChI is InChI=1S/C61H101NO7/c1-6-8-10-12-14-16-18-20-22-24-26-28-30-32-34-36-38-40-42-44-46-48-50-52-60(64)69-57(55-67-54-53-58(61(65)66)62(3,4)5)56-68-59(63)51-49-47-45-43-41-39-37-35-33-31-29-27-25-23-21-19-17-15-13-11-9-7-2/h8-11,14-17,20-23,26-29,32,34,57-58H,6-7,12-13,18-19,24-25,30-31,33,35-56H2,1-5H3/b10-8+,11-9+,16-14+,17-15+,22-20+,23-21+,28-26+,29-27+,34-32+. The smallest absolute Gasteiger partial charge is 0.306 e. The molecule has 0 saturated heterocycles. The lowest BCUT2D eigenvalue weighted by Crippen LogP contribution is -2.55. The SMILES string of the molecule is CC/C=C/C/C=C/C/C=C/C/C=C/C/C=C/CCCCCCCCCC(=O)OC(COCCC(C(=O)[O-])[N+](C)(C)C)COC(=O)CCCCCCCCCCC/C=C/C/C=C/C/C=C/C/C=C/CC. The summed E-state index contributed by atoms with van der Waals surface area (Å²) >= 11 is 0. The van der Waals surface area contributed by atoms with Gasteiger partial charge in [0.25, 0.3) is 0 Å². The summed E-state index contributed by atoms with van der Waals surface area (Å²) in [4.78, 5) is 37.1. The van der Waals surface area contributed by atoms with Crippen LogP contribution in [-0.2, 0) is 28.6 Å². The van der Waals surface area contributed by atoms with Gasteiger partial charge in [-0.3, -0.25) is 9.59 Å². The zero-order valence-corrected chi connectivity index (χ0v) is 44.7. The Bertz CT molecular complexity index is 1490. The van der Waals surface area contributed by atoms with Crippen LogP contribution in [0.2, 0.25) is 0 Å². The van der Waals surface area contributed by atoms with Gasteiger partial charge in [-0.1, -0.05) is 200 Å². The largest absolute Gasteiger partial charge is 0.544 e. The topological polar surface area (TPSA) is 102 Å². The summed E-state index contributed by atoms with van der Waals surface area (Å²) in [6.45, 7) is 4.42. The second kappa shape index (κ2) is 50.4. The molecule has 0 aliphatic carbocycles. The number of quaternary nitrogens is 1. The molecule has 0 aliphatic heterocycles. The van der Waals surface area contributed by atoms with Gasteiger partial charge in [0.1, 0.15) is 12.6 Å². The molecular formula is C61H101NO7. The molecule has 0 aliphatic rings. The lowest BCUT2D eigenvalue weighted by molar-refractivity contribution is -0.889. The number of rotatable bonds is 48. The van der Waals surface area contributed by atoms with Crippen LogP contribution in [-0.4, -0.2) is 75.5 Å². The van der Waals surface area contributed by atoms with Gasteiger partial charge in [0.05, 0.1) is 40.3 Å². The summed E-state index contributed by atoms with van der Waals surface area (Å²) in [5.74, 6) is -1.76. The molecule has 0 aromatic heterocycles. The first kappa shape index (κ1) is 65.0. The summed E-state index contributed by atoms with van der Waals surface area (Å²) in [6.07, 6.45) is 69.7.